The lowest BCUT2D eigenvalue weighted by Gasteiger charge is -2.13. The Kier molecular flexibility index (Phi) is 4.68. The fourth-order valence-corrected chi connectivity index (χ4v) is 2.89. The first-order valence-corrected chi connectivity index (χ1v) is 8.32. The average molecular weight is 387 g/mol. The summed E-state index contributed by atoms with van der Waals surface area (Å²) in [6.45, 7) is -0.277. The molecule has 4 aromatic rings. The molecule has 1 aliphatic rings. The lowest BCUT2D eigenvalue weighted by atomic mass is 10.2. The fraction of sp³-hybridized carbons (Fsp3) is 0.333. The van der Waals surface area contributed by atoms with Gasteiger partial charge in [0.15, 0.2) is 16.8 Å². The van der Waals surface area contributed by atoms with Gasteiger partial charge >= 0.3 is 0 Å². The quantitative estimate of drug-likeness (QED) is 0.276. The Morgan fingerprint density at radius 2 is 2.21 bits per heavy atom. The number of H-pyrrole nitrogens is 2. The van der Waals surface area contributed by atoms with Crippen molar-refractivity contribution in [3.63, 3.8) is 0 Å². The Labute approximate surface area is 156 Å². The number of hydrogen-bond donors (Lipinski definition) is 5. The Morgan fingerprint density at radius 1 is 1.36 bits per heavy atom. The largest absolute Gasteiger partial charge is 0.394 e. The van der Waals surface area contributed by atoms with E-state index in [9.17, 15) is 9.90 Å². The van der Waals surface area contributed by atoms with E-state index < -0.39 is 24.0 Å². The van der Waals surface area contributed by atoms with Crippen LogP contribution in [-0.2, 0) is 4.74 Å². The van der Waals surface area contributed by atoms with Crippen LogP contribution in [0, 0.1) is 0 Å². The van der Waals surface area contributed by atoms with Gasteiger partial charge in [0.1, 0.15) is 24.2 Å². The number of rotatable bonds is 2. The number of imidazole rings is 2. The molecule has 5 heterocycles. The number of nitrogen functional groups attached to an aromatic ring is 1. The van der Waals surface area contributed by atoms with E-state index in [0.717, 1.165) is 5.52 Å². The third-order valence-electron chi connectivity index (χ3n) is 4.24. The molecule has 5 rings (SSSR count). The van der Waals surface area contributed by atoms with E-state index in [1.807, 2.05) is 0 Å². The van der Waals surface area contributed by atoms with E-state index in [1.165, 1.54) is 17.2 Å². The Hall–Kier alpha value is -3.42. The van der Waals surface area contributed by atoms with Crippen LogP contribution < -0.4 is 11.3 Å². The first-order valence-electron chi connectivity index (χ1n) is 8.32. The number of aromatic nitrogens is 8. The van der Waals surface area contributed by atoms with Crippen LogP contribution >= 0.6 is 0 Å². The summed E-state index contributed by atoms with van der Waals surface area (Å²) in [7, 11) is 0. The summed E-state index contributed by atoms with van der Waals surface area (Å²) in [5.41, 5.74) is 7.09. The summed E-state index contributed by atoms with van der Waals surface area (Å²) in [4.78, 5) is 36.4. The zero-order chi connectivity index (χ0) is 19.7. The number of ether oxygens (including phenoxy) is 1. The van der Waals surface area contributed by atoms with Crippen LogP contribution in [0.4, 0.5) is 5.95 Å². The number of aliphatic hydroxyl groups excluding tert-OH is 2. The predicted molar refractivity (Wildman–Crippen MR) is 95.9 cm³/mol. The number of fused-ring (bicyclic) bond motifs is 2. The number of nitrogens with one attached hydrogen (secondary N) is 2. The molecule has 3 atom stereocenters. The summed E-state index contributed by atoms with van der Waals surface area (Å²) in [6.07, 6.45) is 4.49. The molecule has 0 aromatic carbocycles. The first-order chi connectivity index (χ1) is 13.6. The van der Waals surface area contributed by atoms with Gasteiger partial charge in [-0.3, -0.25) is 14.3 Å². The molecule has 1 fully saturated rings. The Morgan fingerprint density at radius 3 is 2.96 bits per heavy atom. The summed E-state index contributed by atoms with van der Waals surface area (Å²) in [6, 6.07) is 0. The van der Waals surface area contributed by atoms with Gasteiger partial charge in [-0.15, -0.1) is 0 Å². The Bertz CT molecular complexity index is 1120. The molecule has 0 aliphatic carbocycles. The number of anilines is 1. The van der Waals surface area contributed by atoms with Crippen LogP contribution in [-0.4, -0.2) is 68.5 Å². The van der Waals surface area contributed by atoms with Crippen LogP contribution in [0.5, 0.6) is 0 Å². The van der Waals surface area contributed by atoms with Gasteiger partial charge in [0.05, 0.1) is 31.6 Å². The zero-order valence-corrected chi connectivity index (χ0v) is 14.4. The average Bonchev–Trinajstić information content (AvgIpc) is 3.39. The second kappa shape index (κ2) is 7.30. The van der Waals surface area contributed by atoms with Gasteiger partial charge in [-0.2, -0.15) is 4.98 Å². The van der Waals surface area contributed by atoms with E-state index in [0.29, 0.717) is 5.65 Å². The van der Waals surface area contributed by atoms with Crippen molar-refractivity contribution in [1.29, 1.82) is 0 Å². The number of hydrogen-bond acceptors (Lipinski definition) is 10. The minimum atomic E-state index is -0.771. The molecular weight excluding hydrogens is 370 g/mol. The molecule has 0 amide bonds. The minimum Gasteiger partial charge on any atom is -0.394 e. The van der Waals surface area contributed by atoms with Crippen molar-refractivity contribution in [3.05, 3.63) is 35.5 Å². The summed E-state index contributed by atoms with van der Waals surface area (Å²) in [5.74, 6) is -0.0171. The summed E-state index contributed by atoms with van der Waals surface area (Å²) in [5, 5.41) is 18.8. The van der Waals surface area contributed by atoms with Crippen molar-refractivity contribution in [3.8, 4) is 0 Å². The lowest BCUT2D eigenvalue weighted by Crippen LogP contribution is -2.24. The van der Waals surface area contributed by atoms with Gasteiger partial charge in [0.2, 0.25) is 5.95 Å². The molecule has 13 heteroatoms. The van der Waals surface area contributed by atoms with Crippen LogP contribution in [0.25, 0.3) is 22.3 Å². The molecule has 6 N–H and O–H groups in total. The van der Waals surface area contributed by atoms with Crippen LogP contribution in [0.2, 0.25) is 0 Å². The van der Waals surface area contributed by atoms with Crippen molar-refractivity contribution < 1.29 is 14.9 Å². The van der Waals surface area contributed by atoms with Gasteiger partial charge < -0.3 is 25.7 Å². The molecule has 0 radical (unpaired) electrons. The van der Waals surface area contributed by atoms with Crippen LogP contribution in [0.1, 0.15) is 12.6 Å². The van der Waals surface area contributed by atoms with Crippen LogP contribution in [0.3, 0.4) is 0 Å². The molecule has 28 heavy (non-hydrogen) atoms. The molecule has 1 aliphatic heterocycles. The maximum Gasteiger partial charge on any atom is 0.280 e. The van der Waals surface area contributed by atoms with E-state index in [-0.39, 0.29) is 30.1 Å². The van der Waals surface area contributed by atoms with E-state index in [4.69, 9.17) is 15.6 Å². The zero-order valence-electron chi connectivity index (χ0n) is 14.4. The second-order valence-electron chi connectivity index (χ2n) is 6.05. The highest BCUT2D eigenvalue weighted by atomic mass is 16.5. The number of aliphatic hydroxyl groups is 2. The monoisotopic (exact) mass is 387 g/mol. The molecule has 0 bridgehead atoms. The lowest BCUT2D eigenvalue weighted by molar-refractivity contribution is -0.0432. The first kappa shape index (κ1) is 18.0. The molecule has 0 spiro atoms. The van der Waals surface area contributed by atoms with Crippen molar-refractivity contribution in [2.24, 2.45) is 0 Å². The molecule has 4 aromatic heterocycles. The third-order valence-corrected chi connectivity index (χ3v) is 4.24. The van der Waals surface area contributed by atoms with E-state index >= 15 is 0 Å². The maximum absolute atomic E-state index is 11.6. The minimum absolute atomic E-state index is 0.0171. The predicted octanol–water partition coefficient (Wildman–Crippen LogP) is -1.30. The normalized spacial score (nSPS) is 21.7. The van der Waals surface area contributed by atoms with Crippen molar-refractivity contribution in [2.75, 3.05) is 12.3 Å². The topological polar surface area (TPSA) is 194 Å². The van der Waals surface area contributed by atoms with Crippen molar-refractivity contribution in [1.82, 2.24) is 39.5 Å². The Balaban J connectivity index is 0.000000177. The molecule has 146 valence electrons. The third kappa shape index (κ3) is 3.28. The number of aromatic amines is 2. The van der Waals surface area contributed by atoms with Gasteiger partial charge in [-0.25, -0.2) is 19.9 Å². The van der Waals surface area contributed by atoms with Crippen LogP contribution in [0.15, 0.2) is 30.0 Å². The standard InChI is InChI=1S/C10H13N5O4.C5H4N4/c11-10-13-8-7(9(18)14-10)12-3-15(8)6-1-4(17)5(2-16)19-6;1-4-5(8-2-6-1)9-3-7-4/h3-6,16-17H,1-2H2,(H3,11,13,14,18);1-3H,(H,6,7,8,9)/t4-,5+,6+;/m0./s1. The van der Waals surface area contributed by atoms with E-state index in [1.54, 1.807) is 12.5 Å². The fourth-order valence-electron chi connectivity index (χ4n) is 2.89. The SMILES string of the molecule is Nc1nc2c(ncn2[C@H]2C[C@H](O)[C@@H](CO)O2)c(=O)[nH]1.c1ncc2[nH]cnc2n1. The molecule has 13 nitrogen and oxygen atoms in total. The number of nitrogens with zero attached hydrogens (tertiary/aromatic N) is 6. The maximum atomic E-state index is 11.6. The van der Waals surface area contributed by atoms with Crippen molar-refractivity contribution in [2.45, 2.75) is 24.9 Å². The highest BCUT2D eigenvalue weighted by Gasteiger charge is 2.35. The van der Waals surface area contributed by atoms with Gasteiger partial charge in [0, 0.05) is 6.42 Å². The summed E-state index contributed by atoms with van der Waals surface area (Å²) < 4.78 is 7.01. The van der Waals surface area contributed by atoms with E-state index in [2.05, 4.69) is 34.9 Å². The van der Waals surface area contributed by atoms with Gasteiger partial charge in [-0.1, -0.05) is 0 Å². The highest BCUT2D eigenvalue weighted by molar-refractivity contribution is 5.70. The van der Waals surface area contributed by atoms with Crippen molar-refractivity contribution >= 4 is 28.3 Å². The molecule has 0 unspecified atom stereocenters. The summed E-state index contributed by atoms with van der Waals surface area (Å²) >= 11 is 0. The smallest absolute Gasteiger partial charge is 0.280 e. The molecule has 0 saturated carbocycles. The highest BCUT2D eigenvalue weighted by Crippen LogP contribution is 2.30. The molecular formula is C15H17N9O4. The second-order valence-corrected chi connectivity index (χ2v) is 6.05. The van der Waals surface area contributed by atoms with Gasteiger partial charge in [0.25, 0.3) is 5.56 Å². The van der Waals surface area contributed by atoms with Gasteiger partial charge in [-0.05, 0) is 0 Å². The molecule has 1 saturated heterocycles. The number of nitrogens with two attached hydrogens (primary N) is 1.